The van der Waals surface area contributed by atoms with Crippen molar-refractivity contribution in [3.05, 3.63) is 42.7 Å². The summed E-state index contributed by atoms with van der Waals surface area (Å²) >= 11 is 0. The highest BCUT2D eigenvalue weighted by Crippen LogP contribution is 2.26. The van der Waals surface area contributed by atoms with Gasteiger partial charge < -0.3 is 15.5 Å². The molecular weight excluding hydrogens is 338 g/mol. The molecule has 0 saturated carbocycles. The van der Waals surface area contributed by atoms with Gasteiger partial charge in [-0.05, 0) is 43.7 Å². The van der Waals surface area contributed by atoms with Crippen molar-refractivity contribution in [2.45, 2.75) is 39.0 Å². The average Bonchev–Trinajstić information content (AvgIpc) is 2.72. The number of rotatable bonds is 8. The summed E-state index contributed by atoms with van der Waals surface area (Å²) in [5.41, 5.74) is 0.869. The molecule has 1 saturated heterocycles. The van der Waals surface area contributed by atoms with Crippen molar-refractivity contribution in [1.29, 1.82) is 0 Å². The van der Waals surface area contributed by atoms with Crippen LogP contribution in [0.4, 0.5) is 17.3 Å². The first-order valence-corrected chi connectivity index (χ1v) is 9.90. The zero-order chi connectivity index (χ0) is 18.9. The molecule has 2 N–H and O–H groups in total. The molecule has 0 spiro atoms. The van der Waals surface area contributed by atoms with E-state index in [0.29, 0.717) is 12.3 Å². The van der Waals surface area contributed by atoms with Crippen LogP contribution in [-0.4, -0.2) is 35.5 Å². The Bertz CT molecular complexity index is 714. The highest BCUT2D eigenvalue weighted by atomic mass is 16.1. The summed E-state index contributed by atoms with van der Waals surface area (Å²) in [4.78, 5) is 23.1. The molecule has 3 rings (SSSR count). The van der Waals surface area contributed by atoms with E-state index in [1.807, 2.05) is 36.4 Å². The Hall–Kier alpha value is -2.63. The third-order valence-electron chi connectivity index (χ3n) is 4.98. The molecule has 144 valence electrons. The van der Waals surface area contributed by atoms with Gasteiger partial charge in [0.25, 0.3) is 0 Å². The molecule has 0 aliphatic carbocycles. The Morgan fingerprint density at radius 2 is 1.96 bits per heavy atom. The fourth-order valence-electron chi connectivity index (χ4n) is 3.40. The maximum absolute atomic E-state index is 12.1. The minimum Gasteiger partial charge on any atom is -0.370 e. The molecule has 0 unspecified atom stereocenters. The number of carbonyl (C=O) groups excluding carboxylic acids is 1. The number of amides is 1. The fourth-order valence-corrected chi connectivity index (χ4v) is 3.40. The van der Waals surface area contributed by atoms with Crippen molar-refractivity contribution in [3.63, 3.8) is 0 Å². The molecule has 1 fully saturated rings. The smallest absolute Gasteiger partial charge is 0.224 e. The number of piperidine rings is 1. The first-order chi connectivity index (χ1) is 13.2. The predicted octanol–water partition coefficient (Wildman–Crippen LogP) is 3.93. The third-order valence-corrected chi connectivity index (χ3v) is 4.98. The maximum atomic E-state index is 12.1. The number of hydrogen-bond acceptors (Lipinski definition) is 5. The molecule has 6 nitrogen and oxygen atoms in total. The summed E-state index contributed by atoms with van der Waals surface area (Å²) in [6.07, 6.45) is 6.42. The van der Waals surface area contributed by atoms with Crippen LogP contribution in [0.5, 0.6) is 0 Å². The summed E-state index contributed by atoms with van der Waals surface area (Å²) in [5, 5.41) is 6.28. The Morgan fingerprint density at radius 1 is 1.19 bits per heavy atom. The van der Waals surface area contributed by atoms with E-state index in [2.05, 4.69) is 32.4 Å². The molecule has 1 amide bonds. The summed E-state index contributed by atoms with van der Waals surface area (Å²) in [5.74, 6) is 2.58. The summed E-state index contributed by atoms with van der Waals surface area (Å²) < 4.78 is 0. The lowest BCUT2D eigenvalue weighted by molar-refractivity contribution is -0.116. The van der Waals surface area contributed by atoms with Crippen molar-refractivity contribution < 1.29 is 4.79 Å². The van der Waals surface area contributed by atoms with Crippen LogP contribution in [0, 0.1) is 5.92 Å². The van der Waals surface area contributed by atoms with Crippen molar-refractivity contribution in [2.24, 2.45) is 5.92 Å². The van der Waals surface area contributed by atoms with Gasteiger partial charge in [0.1, 0.15) is 18.0 Å². The molecule has 1 aromatic carbocycles. The van der Waals surface area contributed by atoms with Crippen molar-refractivity contribution in [2.75, 3.05) is 35.2 Å². The molecule has 6 heteroatoms. The van der Waals surface area contributed by atoms with Crippen LogP contribution in [0.25, 0.3) is 0 Å². The van der Waals surface area contributed by atoms with Crippen LogP contribution >= 0.6 is 0 Å². The van der Waals surface area contributed by atoms with Crippen LogP contribution in [0.2, 0.25) is 0 Å². The van der Waals surface area contributed by atoms with E-state index < -0.39 is 0 Å². The standard InChI is InChI=1S/C21H29N5O/c1-2-12-22-19-15-20(24-16-23-19)26-13-10-17(11-14-26)8-9-21(27)25-18-6-4-3-5-7-18/h3-7,15-17H,2,8-14H2,1H3,(H,25,27)(H,22,23,24). The van der Waals surface area contributed by atoms with Crippen molar-refractivity contribution >= 4 is 23.2 Å². The lowest BCUT2D eigenvalue weighted by atomic mass is 9.92. The summed E-state index contributed by atoms with van der Waals surface area (Å²) in [6, 6.07) is 11.7. The van der Waals surface area contributed by atoms with Gasteiger partial charge in [-0.15, -0.1) is 0 Å². The normalized spacial score (nSPS) is 14.8. The average molecular weight is 367 g/mol. The number of para-hydroxylation sites is 1. The lowest BCUT2D eigenvalue weighted by Crippen LogP contribution is -2.34. The highest BCUT2D eigenvalue weighted by Gasteiger charge is 2.21. The molecule has 1 aromatic heterocycles. The van der Waals surface area contributed by atoms with Gasteiger partial charge in [-0.25, -0.2) is 9.97 Å². The van der Waals surface area contributed by atoms with Gasteiger partial charge in [-0.1, -0.05) is 25.1 Å². The van der Waals surface area contributed by atoms with Gasteiger partial charge in [0.05, 0.1) is 0 Å². The van der Waals surface area contributed by atoms with Crippen LogP contribution in [-0.2, 0) is 4.79 Å². The number of nitrogens with one attached hydrogen (secondary N) is 2. The Labute approximate surface area is 161 Å². The zero-order valence-electron chi connectivity index (χ0n) is 16.0. The van der Waals surface area contributed by atoms with Crippen LogP contribution in [0.1, 0.15) is 39.0 Å². The van der Waals surface area contributed by atoms with Gasteiger partial charge >= 0.3 is 0 Å². The van der Waals surface area contributed by atoms with Crippen LogP contribution in [0.3, 0.4) is 0 Å². The number of carbonyl (C=O) groups is 1. The minimum atomic E-state index is 0.103. The van der Waals surface area contributed by atoms with Gasteiger partial charge in [-0.3, -0.25) is 4.79 Å². The van der Waals surface area contributed by atoms with E-state index in [9.17, 15) is 4.79 Å². The first kappa shape index (κ1) is 19.1. The second-order valence-electron chi connectivity index (χ2n) is 7.07. The number of anilines is 3. The highest BCUT2D eigenvalue weighted by molar-refractivity contribution is 5.90. The van der Waals surface area contributed by atoms with Gasteiger partial charge in [0.2, 0.25) is 5.91 Å². The second kappa shape index (κ2) is 9.90. The van der Waals surface area contributed by atoms with E-state index in [1.165, 1.54) is 0 Å². The quantitative estimate of drug-likeness (QED) is 0.740. The maximum Gasteiger partial charge on any atom is 0.224 e. The van der Waals surface area contributed by atoms with Crippen molar-refractivity contribution in [1.82, 2.24) is 9.97 Å². The second-order valence-corrected chi connectivity index (χ2v) is 7.07. The molecule has 2 heterocycles. The lowest BCUT2D eigenvalue weighted by Gasteiger charge is -2.32. The SMILES string of the molecule is CCCNc1cc(N2CCC(CCC(=O)Nc3ccccc3)CC2)ncn1. The number of hydrogen-bond donors (Lipinski definition) is 2. The van der Waals surface area contributed by atoms with E-state index >= 15 is 0 Å². The van der Waals surface area contributed by atoms with Gasteiger partial charge in [0.15, 0.2) is 0 Å². The largest absolute Gasteiger partial charge is 0.370 e. The molecule has 27 heavy (non-hydrogen) atoms. The van der Waals surface area contributed by atoms with E-state index in [1.54, 1.807) is 6.33 Å². The molecular formula is C21H29N5O. The molecule has 1 aliphatic rings. The predicted molar refractivity (Wildman–Crippen MR) is 110 cm³/mol. The number of aromatic nitrogens is 2. The zero-order valence-corrected chi connectivity index (χ0v) is 16.0. The Balaban J connectivity index is 1.42. The Kier molecular flexibility index (Phi) is 7.02. The topological polar surface area (TPSA) is 70.2 Å². The molecule has 0 bridgehead atoms. The van der Waals surface area contributed by atoms with E-state index in [4.69, 9.17) is 0 Å². The summed E-state index contributed by atoms with van der Waals surface area (Å²) in [7, 11) is 0. The van der Waals surface area contributed by atoms with Gasteiger partial charge in [0, 0.05) is 37.8 Å². The van der Waals surface area contributed by atoms with Crippen molar-refractivity contribution in [3.8, 4) is 0 Å². The molecule has 0 radical (unpaired) electrons. The number of benzene rings is 1. The van der Waals surface area contributed by atoms with Gasteiger partial charge in [-0.2, -0.15) is 0 Å². The number of nitrogens with zero attached hydrogens (tertiary/aromatic N) is 3. The van der Waals surface area contributed by atoms with E-state index in [-0.39, 0.29) is 5.91 Å². The first-order valence-electron chi connectivity index (χ1n) is 9.90. The van der Waals surface area contributed by atoms with Crippen LogP contribution in [0.15, 0.2) is 42.7 Å². The molecule has 1 aliphatic heterocycles. The third kappa shape index (κ3) is 5.94. The monoisotopic (exact) mass is 367 g/mol. The molecule has 0 atom stereocenters. The minimum absolute atomic E-state index is 0.103. The van der Waals surface area contributed by atoms with E-state index in [0.717, 1.165) is 62.6 Å². The molecule has 2 aromatic rings. The Morgan fingerprint density at radius 3 is 2.70 bits per heavy atom. The fraction of sp³-hybridized carbons (Fsp3) is 0.476. The van der Waals surface area contributed by atoms with Crippen LogP contribution < -0.4 is 15.5 Å². The summed E-state index contributed by atoms with van der Waals surface area (Å²) in [6.45, 7) is 5.02.